The highest BCUT2D eigenvalue weighted by molar-refractivity contribution is 5.94. The molecule has 0 bridgehead atoms. The number of aliphatic hydroxyl groups is 1. The van der Waals surface area contributed by atoms with Crippen LogP contribution in [-0.2, 0) is 0 Å². The molecule has 0 spiro atoms. The van der Waals surface area contributed by atoms with Crippen molar-refractivity contribution in [2.24, 2.45) is 0 Å². The highest BCUT2D eigenvalue weighted by Gasteiger charge is 2.45. The minimum Gasteiger partial charge on any atom is -0.488 e. The molecule has 0 heterocycles. The molecule has 4 atom stereocenters. The van der Waals surface area contributed by atoms with Crippen molar-refractivity contribution in [3.63, 3.8) is 0 Å². The third kappa shape index (κ3) is 4.00. The molecule has 0 saturated heterocycles. The first-order valence-corrected chi connectivity index (χ1v) is 8.48. The van der Waals surface area contributed by atoms with Gasteiger partial charge in [0.2, 0.25) is 0 Å². The number of para-hydroxylation sites is 1. The lowest BCUT2D eigenvalue weighted by atomic mass is 10.1. The highest BCUT2D eigenvalue weighted by Crippen LogP contribution is 2.28. The zero-order chi connectivity index (χ0) is 17.8. The number of benzene rings is 2. The molecule has 0 radical (unpaired) electrons. The SMILES string of the molecule is CN(C)[C@@H]1[C@@H](O)[C@H](Oc2ccccc2)C[C@H]1NC(=O)c1ccccc1. The van der Waals surface area contributed by atoms with Crippen LogP contribution in [0.2, 0.25) is 0 Å². The lowest BCUT2D eigenvalue weighted by Gasteiger charge is -2.29. The molecule has 2 aromatic carbocycles. The van der Waals surface area contributed by atoms with Crippen LogP contribution in [0.1, 0.15) is 16.8 Å². The molecule has 25 heavy (non-hydrogen) atoms. The number of rotatable bonds is 5. The normalized spacial score (nSPS) is 25.8. The summed E-state index contributed by atoms with van der Waals surface area (Å²) in [6.07, 6.45) is -0.496. The second-order valence-corrected chi connectivity index (χ2v) is 6.60. The van der Waals surface area contributed by atoms with Crippen LogP contribution < -0.4 is 10.1 Å². The number of nitrogens with one attached hydrogen (secondary N) is 1. The molecular weight excluding hydrogens is 316 g/mol. The average Bonchev–Trinajstić information content (AvgIpc) is 2.92. The van der Waals surface area contributed by atoms with Crippen LogP contribution in [-0.4, -0.2) is 54.3 Å². The van der Waals surface area contributed by atoms with Gasteiger partial charge in [0.25, 0.3) is 5.91 Å². The van der Waals surface area contributed by atoms with E-state index in [1.165, 1.54) is 0 Å². The van der Waals surface area contributed by atoms with Crippen LogP contribution >= 0.6 is 0 Å². The molecule has 2 aromatic rings. The van der Waals surface area contributed by atoms with E-state index in [1.54, 1.807) is 12.1 Å². The van der Waals surface area contributed by atoms with Gasteiger partial charge >= 0.3 is 0 Å². The van der Waals surface area contributed by atoms with E-state index < -0.39 is 6.10 Å². The van der Waals surface area contributed by atoms with E-state index in [9.17, 15) is 9.90 Å². The molecule has 132 valence electrons. The largest absolute Gasteiger partial charge is 0.488 e. The zero-order valence-corrected chi connectivity index (χ0v) is 14.5. The van der Waals surface area contributed by atoms with Gasteiger partial charge in [-0.15, -0.1) is 0 Å². The topological polar surface area (TPSA) is 61.8 Å². The summed E-state index contributed by atoms with van der Waals surface area (Å²) in [4.78, 5) is 14.4. The fraction of sp³-hybridized carbons (Fsp3) is 0.350. The number of amides is 1. The van der Waals surface area contributed by atoms with E-state index in [4.69, 9.17) is 4.74 Å². The van der Waals surface area contributed by atoms with Crippen molar-refractivity contribution in [3.8, 4) is 5.75 Å². The first-order valence-electron chi connectivity index (χ1n) is 8.48. The van der Waals surface area contributed by atoms with Crippen molar-refractivity contribution in [1.29, 1.82) is 0 Å². The van der Waals surface area contributed by atoms with Crippen molar-refractivity contribution < 1.29 is 14.6 Å². The van der Waals surface area contributed by atoms with Crippen LogP contribution in [0, 0.1) is 0 Å². The van der Waals surface area contributed by atoms with Gasteiger partial charge in [0.1, 0.15) is 18.0 Å². The average molecular weight is 340 g/mol. The second-order valence-electron chi connectivity index (χ2n) is 6.60. The Balaban J connectivity index is 1.72. The van der Waals surface area contributed by atoms with Gasteiger partial charge in [-0.2, -0.15) is 0 Å². The number of nitrogens with zero attached hydrogens (tertiary/aromatic N) is 1. The maximum Gasteiger partial charge on any atom is 0.251 e. The summed E-state index contributed by atoms with van der Waals surface area (Å²) in [5.41, 5.74) is 0.613. The highest BCUT2D eigenvalue weighted by atomic mass is 16.5. The number of carbonyl (C=O) groups is 1. The lowest BCUT2D eigenvalue weighted by Crippen LogP contribution is -2.50. The maximum absolute atomic E-state index is 12.5. The number of ether oxygens (including phenoxy) is 1. The summed E-state index contributed by atoms with van der Waals surface area (Å²) in [5, 5.41) is 13.8. The number of hydrogen-bond acceptors (Lipinski definition) is 4. The second kappa shape index (κ2) is 7.68. The summed E-state index contributed by atoms with van der Waals surface area (Å²) in [7, 11) is 3.81. The van der Waals surface area contributed by atoms with Crippen molar-refractivity contribution in [1.82, 2.24) is 10.2 Å². The number of hydrogen-bond donors (Lipinski definition) is 2. The predicted molar refractivity (Wildman–Crippen MR) is 96.7 cm³/mol. The summed E-state index contributed by atoms with van der Waals surface area (Å²) in [5.74, 6) is 0.587. The van der Waals surface area contributed by atoms with Gasteiger partial charge in [-0.1, -0.05) is 36.4 Å². The fourth-order valence-corrected chi connectivity index (χ4v) is 3.43. The smallest absolute Gasteiger partial charge is 0.251 e. The minimum absolute atomic E-state index is 0.134. The Morgan fingerprint density at radius 1 is 1.08 bits per heavy atom. The number of likely N-dealkylation sites (N-methyl/N-ethyl adjacent to an activating group) is 1. The van der Waals surface area contributed by atoms with Gasteiger partial charge in [-0.25, -0.2) is 0 Å². The van der Waals surface area contributed by atoms with Gasteiger partial charge in [-0.3, -0.25) is 4.79 Å². The van der Waals surface area contributed by atoms with E-state index in [-0.39, 0.29) is 24.1 Å². The van der Waals surface area contributed by atoms with Gasteiger partial charge in [-0.05, 0) is 38.4 Å². The molecule has 0 aliphatic heterocycles. The first-order chi connectivity index (χ1) is 12.1. The van der Waals surface area contributed by atoms with Gasteiger partial charge in [0.05, 0.1) is 12.1 Å². The van der Waals surface area contributed by atoms with E-state index in [0.717, 1.165) is 5.75 Å². The number of carbonyl (C=O) groups excluding carboxylic acids is 1. The summed E-state index contributed by atoms with van der Waals surface area (Å²) in [6, 6.07) is 18.2. The van der Waals surface area contributed by atoms with Crippen LogP contribution in [0.15, 0.2) is 60.7 Å². The van der Waals surface area contributed by atoms with E-state index >= 15 is 0 Å². The van der Waals surface area contributed by atoms with E-state index in [0.29, 0.717) is 12.0 Å². The standard InChI is InChI=1S/C20H24N2O3/c1-22(2)18-16(21-20(24)14-9-5-3-6-10-14)13-17(19(18)23)25-15-11-7-4-8-12-15/h3-12,16-19,23H,13H2,1-2H3,(H,21,24)/t16-,17-,18+,19+/m1/s1. The Morgan fingerprint density at radius 2 is 1.68 bits per heavy atom. The van der Waals surface area contributed by atoms with Gasteiger partial charge in [0.15, 0.2) is 0 Å². The van der Waals surface area contributed by atoms with Crippen molar-refractivity contribution in [2.45, 2.75) is 30.7 Å². The molecule has 1 saturated carbocycles. The predicted octanol–water partition coefficient (Wildman–Crippen LogP) is 1.93. The van der Waals surface area contributed by atoms with Crippen molar-refractivity contribution >= 4 is 5.91 Å². The van der Waals surface area contributed by atoms with Crippen molar-refractivity contribution in [2.75, 3.05) is 14.1 Å². The van der Waals surface area contributed by atoms with Crippen LogP contribution in [0.25, 0.3) is 0 Å². The van der Waals surface area contributed by atoms with Gasteiger partial charge < -0.3 is 20.1 Å². The Hall–Kier alpha value is -2.37. The van der Waals surface area contributed by atoms with Crippen LogP contribution in [0.4, 0.5) is 0 Å². The van der Waals surface area contributed by atoms with Crippen LogP contribution in [0.5, 0.6) is 5.75 Å². The molecule has 0 unspecified atom stereocenters. The molecule has 1 amide bonds. The third-order valence-electron chi connectivity index (χ3n) is 4.61. The van der Waals surface area contributed by atoms with Crippen LogP contribution in [0.3, 0.4) is 0 Å². The van der Waals surface area contributed by atoms with Gasteiger partial charge in [0, 0.05) is 12.0 Å². The van der Waals surface area contributed by atoms with E-state index in [1.807, 2.05) is 67.5 Å². The molecule has 0 aromatic heterocycles. The molecule has 2 N–H and O–H groups in total. The maximum atomic E-state index is 12.5. The minimum atomic E-state index is -0.684. The molecule has 3 rings (SSSR count). The lowest BCUT2D eigenvalue weighted by molar-refractivity contribution is 0.0210. The zero-order valence-electron chi connectivity index (χ0n) is 14.5. The first kappa shape index (κ1) is 17.5. The molecule has 1 aliphatic carbocycles. The quantitative estimate of drug-likeness (QED) is 0.873. The monoisotopic (exact) mass is 340 g/mol. The molecule has 1 aliphatic rings. The Kier molecular flexibility index (Phi) is 5.36. The number of aliphatic hydroxyl groups excluding tert-OH is 1. The fourth-order valence-electron chi connectivity index (χ4n) is 3.43. The Morgan fingerprint density at radius 3 is 2.28 bits per heavy atom. The Bertz CT molecular complexity index is 691. The molecule has 1 fully saturated rings. The molecule has 5 heteroatoms. The van der Waals surface area contributed by atoms with Crippen molar-refractivity contribution in [3.05, 3.63) is 66.2 Å². The molecular formula is C20H24N2O3. The Labute approximate surface area is 148 Å². The summed E-state index contributed by atoms with van der Waals surface area (Å²) >= 11 is 0. The summed E-state index contributed by atoms with van der Waals surface area (Å²) < 4.78 is 5.96. The molecule has 5 nitrogen and oxygen atoms in total. The summed E-state index contributed by atoms with van der Waals surface area (Å²) in [6.45, 7) is 0. The van der Waals surface area contributed by atoms with E-state index in [2.05, 4.69) is 5.32 Å². The third-order valence-corrected chi connectivity index (χ3v) is 4.61.